The van der Waals surface area contributed by atoms with Crippen molar-refractivity contribution in [2.24, 2.45) is 5.92 Å². The summed E-state index contributed by atoms with van der Waals surface area (Å²) >= 11 is 0. The van der Waals surface area contributed by atoms with Crippen LogP contribution in [0.25, 0.3) is 0 Å². The van der Waals surface area contributed by atoms with Crippen molar-refractivity contribution in [2.45, 2.75) is 57.0 Å². The largest absolute Gasteiger partial charge is 0.390 e. The molecule has 2 rings (SSSR count). The maximum atomic E-state index is 10.2. The molecule has 0 bridgehead atoms. The fraction of sp³-hybridized carbons (Fsp3) is 1.00. The molecule has 64 valence electrons. The Morgan fingerprint density at radius 1 is 0.909 bits per heavy atom. The molecule has 1 nitrogen and oxygen atoms in total. The first-order valence-electron chi connectivity index (χ1n) is 5.04. The molecule has 2 aliphatic rings. The molecule has 1 N–H and O–H groups in total. The van der Waals surface area contributed by atoms with Crippen LogP contribution in [0.2, 0.25) is 0 Å². The van der Waals surface area contributed by atoms with Crippen molar-refractivity contribution in [3.05, 3.63) is 0 Å². The maximum Gasteiger partial charge on any atom is 0.0675 e. The van der Waals surface area contributed by atoms with Crippen molar-refractivity contribution < 1.29 is 5.11 Å². The van der Waals surface area contributed by atoms with Crippen molar-refractivity contribution in [3.63, 3.8) is 0 Å². The van der Waals surface area contributed by atoms with Gasteiger partial charge in [0.2, 0.25) is 0 Å². The Kier molecular flexibility index (Phi) is 1.92. The molecule has 0 saturated heterocycles. The van der Waals surface area contributed by atoms with Crippen molar-refractivity contribution in [1.82, 2.24) is 0 Å². The predicted octanol–water partition coefficient (Wildman–Crippen LogP) is 2.48. The molecule has 1 heteroatoms. The van der Waals surface area contributed by atoms with Gasteiger partial charge in [0.1, 0.15) is 0 Å². The Bertz CT molecular complexity index is 132. The third-order valence-electron chi connectivity index (χ3n) is 3.58. The minimum Gasteiger partial charge on any atom is -0.390 e. The Morgan fingerprint density at radius 2 is 1.55 bits per heavy atom. The Balaban J connectivity index is 1.94. The van der Waals surface area contributed by atoms with Crippen LogP contribution in [-0.2, 0) is 0 Å². The van der Waals surface area contributed by atoms with Gasteiger partial charge in [0, 0.05) is 0 Å². The van der Waals surface area contributed by atoms with Gasteiger partial charge in [-0.2, -0.15) is 0 Å². The van der Waals surface area contributed by atoms with E-state index in [0.29, 0.717) is 5.92 Å². The minimum absolute atomic E-state index is 0.226. The molecule has 0 aromatic carbocycles. The van der Waals surface area contributed by atoms with E-state index < -0.39 is 0 Å². The van der Waals surface area contributed by atoms with Gasteiger partial charge in [-0.25, -0.2) is 0 Å². The van der Waals surface area contributed by atoms with Crippen LogP contribution in [0.4, 0.5) is 0 Å². The molecule has 0 heterocycles. The van der Waals surface area contributed by atoms with E-state index >= 15 is 0 Å². The Morgan fingerprint density at radius 3 is 2.00 bits per heavy atom. The smallest absolute Gasteiger partial charge is 0.0675 e. The SMILES string of the molecule is OC1(C2CCC2)CCCCC1. The molecule has 0 spiro atoms. The van der Waals surface area contributed by atoms with Crippen LogP contribution in [0.3, 0.4) is 0 Å². The zero-order chi connectivity index (χ0) is 7.73. The van der Waals surface area contributed by atoms with Crippen LogP contribution >= 0.6 is 0 Å². The zero-order valence-electron chi connectivity index (χ0n) is 7.18. The lowest BCUT2D eigenvalue weighted by atomic mass is 9.67. The highest BCUT2D eigenvalue weighted by Gasteiger charge is 2.40. The molecular formula is C10H18O. The van der Waals surface area contributed by atoms with Gasteiger partial charge in [-0.3, -0.25) is 0 Å². The van der Waals surface area contributed by atoms with E-state index in [1.165, 1.54) is 38.5 Å². The average Bonchev–Trinajstić information content (AvgIpc) is 1.83. The van der Waals surface area contributed by atoms with Crippen LogP contribution in [0, 0.1) is 5.92 Å². The third-order valence-corrected chi connectivity index (χ3v) is 3.58. The second kappa shape index (κ2) is 2.78. The number of hydrogen-bond donors (Lipinski definition) is 1. The summed E-state index contributed by atoms with van der Waals surface area (Å²) in [6.07, 6.45) is 9.95. The van der Waals surface area contributed by atoms with Crippen molar-refractivity contribution in [1.29, 1.82) is 0 Å². The lowest BCUT2D eigenvalue weighted by Crippen LogP contribution is -2.43. The Hall–Kier alpha value is -0.0400. The van der Waals surface area contributed by atoms with Crippen LogP contribution in [0.1, 0.15) is 51.4 Å². The van der Waals surface area contributed by atoms with E-state index in [1.54, 1.807) is 0 Å². The van der Waals surface area contributed by atoms with Gasteiger partial charge in [0.05, 0.1) is 5.60 Å². The summed E-state index contributed by atoms with van der Waals surface area (Å²) in [6.45, 7) is 0. The zero-order valence-corrected chi connectivity index (χ0v) is 7.18. The molecule has 0 radical (unpaired) electrons. The highest BCUT2D eigenvalue weighted by Crippen LogP contribution is 2.43. The van der Waals surface area contributed by atoms with Crippen LogP contribution in [-0.4, -0.2) is 10.7 Å². The fourth-order valence-electron chi connectivity index (χ4n) is 2.52. The van der Waals surface area contributed by atoms with E-state index in [4.69, 9.17) is 0 Å². The van der Waals surface area contributed by atoms with E-state index in [2.05, 4.69) is 0 Å². The molecule has 2 fully saturated rings. The molecule has 0 aromatic heterocycles. The minimum atomic E-state index is -0.226. The van der Waals surface area contributed by atoms with Crippen LogP contribution in [0.15, 0.2) is 0 Å². The standard InChI is InChI=1S/C10H18O/c11-10(9-5-4-6-9)7-2-1-3-8-10/h9,11H,1-8H2. The predicted molar refractivity (Wildman–Crippen MR) is 45.4 cm³/mol. The van der Waals surface area contributed by atoms with Gasteiger partial charge in [-0.15, -0.1) is 0 Å². The summed E-state index contributed by atoms with van der Waals surface area (Å²) < 4.78 is 0. The van der Waals surface area contributed by atoms with E-state index in [9.17, 15) is 5.11 Å². The van der Waals surface area contributed by atoms with E-state index in [1.807, 2.05) is 0 Å². The molecule has 0 atom stereocenters. The van der Waals surface area contributed by atoms with Crippen molar-refractivity contribution in [2.75, 3.05) is 0 Å². The second-order valence-electron chi connectivity index (χ2n) is 4.29. The molecule has 2 saturated carbocycles. The summed E-state index contributed by atoms with van der Waals surface area (Å²) in [5.41, 5.74) is -0.226. The first kappa shape index (κ1) is 7.60. The second-order valence-corrected chi connectivity index (χ2v) is 4.29. The summed E-state index contributed by atoms with van der Waals surface area (Å²) in [6, 6.07) is 0. The van der Waals surface area contributed by atoms with Crippen LogP contribution in [0.5, 0.6) is 0 Å². The first-order chi connectivity index (χ1) is 5.31. The molecule has 0 unspecified atom stereocenters. The molecule has 0 aliphatic heterocycles. The summed E-state index contributed by atoms with van der Waals surface area (Å²) in [7, 11) is 0. The molecule has 0 aromatic rings. The summed E-state index contributed by atoms with van der Waals surface area (Å²) in [4.78, 5) is 0. The third kappa shape index (κ3) is 1.31. The topological polar surface area (TPSA) is 20.2 Å². The normalized spacial score (nSPS) is 31.4. The first-order valence-corrected chi connectivity index (χ1v) is 5.04. The lowest BCUT2D eigenvalue weighted by Gasteiger charge is -2.43. The molecule has 11 heavy (non-hydrogen) atoms. The fourth-order valence-corrected chi connectivity index (χ4v) is 2.52. The quantitative estimate of drug-likeness (QED) is 0.615. The summed E-state index contributed by atoms with van der Waals surface area (Å²) in [5.74, 6) is 0.669. The summed E-state index contributed by atoms with van der Waals surface area (Å²) in [5, 5.41) is 10.2. The van der Waals surface area contributed by atoms with Gasteiger partial charge >= 0.3 is 0 Å². The van der Waals surface area contributed by atoms with Gasteiger partial charge < -0.3 is 5.11 Å². The van der Waals surface area contributed by atoms with Gasteiger partial charge in [0.25, 0.3) is 0 Å². The number of aliphatic hydroxyl groups is 1. The monoisotopic (exact) mass is 154 g/mol. The highest BCUT2D eigenvalue weighted by atomic mass is 16.3. The molecular weight excluding hydrogens is 136 g/mol. The lowest BCUT2D eigenvalue weighted by molar-refractivity contribution is -0.0764. The molecule has 0 amide bonds. The maximum absolute atomic E-state index is 10.2. The van der Waals surface area contributed by atoms with Gasteiger partial charge in [-0.1, -0.05) is 25.7 Å². The Labute approximate surface area is 68.8 Å². The van der Waals surface area contributed by atoms with Crippen molar-refractivity contribution >= 4 is 0 Å². The highest BCUT2D eigenvalue weighted by molar-refractivity contribution is 4.92. The van der Waals surface area contributed by atoms with Gasteiger partial charge in [0.15, 0.2) is 0 Å². The van der Waals surface area contributed by atoms with E-state index in [0.717, 1.165) is 12.8 Å². The van der Waals surface area contributed by atoms with Crippen LogP contribution < -0.4 is 0 Å². The van der Waals surface area contributed by atoms with E-state index in [-0.39, 0.29) is 5.60 Å². The number of rotatable bonds is 1. The van der Waals surface area contributed by atoms with Crippen molar-refractivity contribution in [3.8, 4) is 0 Å². The molecule has 2 aliphatic carbocycles. The average molecular weight is 154 g/mol. The van der Waals surface area contributed by atoms with Gasteiger partial charge in [-0.05, 0) is 31.6 Å². The number of hydrogen-bond acceptors (Lipinski definition) is 1.